The number of hydrogen-bond acceptors (Lipinski definition) is 6. The lowest BCUT2D eigenvalue weighted by Gasteiger charge is -2.06. The molecule has 174 valence electrons. The molecule has 4 rings (SSSR count). The smallest absolute Gasteiger partial charge is 0.238 e. The zero-order valence-electron chi connectivity index (χ0n) is 19.5. The average molecular weight is 465 g/mol. The number of furan rings is 1. The van der Waals surface area contributed by atoms with Gasteiger partial charge in [-0.15, -0.1) is 6.58 Å². The van der Waals surface area contributed by atoms with Gasteiger partial charge in [-0.05, 0) is 60.0 Å². The highest BCUT2D eigenvalue weighted by molar-refractivity contribution is 5.91. The molecule has 6 nitrogen and oxygen atoms in total. The van der Waals surface area contributed by atoms with Crippen molar-refractivity contribution >= 4 is 12.1 Å². The van der Waals surface area contributed by atoms with Crippen LogP contribution in [0.5, 0.6) is 17.2 Å². The van der Waals surface area contributed by atoms with Gasteiger partial charge in [-0.3, -0.25) is 0 Å². The van der Waals surface area contributed by atoms with Crippen LogP contribution in [0.4, 0.5) is 5.88 Å². The maximum Gasteiger partial charge on any atom is 0.238 e. The molecule has 0 amide bonds. The van der Waals surface area contributed by atoms with Gasteiger partial charge in [0.1, 0.15) is 34.6 Å². The lowest BCUT2D eigenvalue weighted by atomic mass is 9.98. The standard InChI is InChI=1S/C29H24N2O4/c1-4-6-20-7-5-8-22(27(20)32)18-31-29-25(17-30)26(19-9-13-23(33-2)14-10-19)28(35-29)21-11-15-24(34-3)16-12-21/h4-5,7-16,18,32H,1,6H2,2-3H3/b31-18+. The number of aromatic hydroxyl groups is 1. The number of allylic oxidation sites excluding steroid dienone is 1. The van der Waals surface area contributed by atoms with Gasteiger partial charge < -0.3 is 19.0 Å². The summed E-state index contributed by atoms with van der Waals surface area (Å²) in [6, 6.07) is 22.4. The monoisotopic (exact) mass is 464 g/mol. The van der Waals surface area contributed by atoms with Crippen molar-refractivity contribution in [3.05, 3.63) is 96.1 Å². The number of ether oxygens (including phenoxy) is 2. The number of para-hydroxylation sites is 1. The zero-order chi connectivity index (χ0) is 24.8. The molecule has 0 fully saturated rings. The largest absolute Gasteiger partial charge is 0.507 e. The first-order valence-electron chi connectivity index (χ1n) is 10.9. The first-order valence-corrected chi connectivity index (χ1v) is 10.9. The Labute approximate surface area is 204 Å². The summed E-state index contributed by atoms with van der Waals surface area (Å²) in [5, 5.41) is 20.7. The third-order valence-corrected chi connectivity index (χ3v) is 5.57. The number of hydrogen-bond donors (Lipinski definition) is 1. The van der Waals surface area contributed by atoms with Crippen molar-refractivity contribution in [3.63, 3.8) is 0 Å². The fourth-order valence-corrected chi connectivity index (χ4v) is 3.76. The molecule has 0 saturated heterocycles. The second-order valence-corrected chi connectivity index (χ2v) is 7.66. The Morgan fingerprint density at radius 1 is 0.971 bits per heavy atom. The van der Waals surface area contributed by atoms with E-state index in [1.54, 1.807) is 26.4 Å². The molecule has 1 N–H and O–H groups in total. The van der Waals surface area contributed by atoms with Crippen molar-refractivity contribution in [2.45, 2.75) is 6.42 Å². The molecular weight excluding hydrogens is 440 g/mol. The Bertz CT molecular complexity index is 1410. The van der Waals surface area contributed by atoms with E-state index in [1.807, 2.05) is 60.7 Å². The number of rotatable bonds is 8. The molecule has 35 heavy (non-hydrogen) atoms. The van der Waals surface area contributed by atoms with Gasteiger partial charge in [0.05, 0.1) is 14.2 Å². The third-order valence-electron chi connectivity index (χ3n) is 5.57. The SMILES string of the molecule is C=CCc1cccc(/C=N/c2oc(-c3ccc(OC)cc3)c(-c3ccc(OC)cc3)c2C#N)c1O. The van der Waals surface area contributed by atoms with E-state index in [-0.39, 0.29) is 11.6 Å². The highest BCUT2D eigenvalue weighted by atomic mass is 16.5. The summed E-state index contributed by atoms with van der Waals surface area (Å²) >= 11 is 0. The molecular formula is C29H24N2O4. The van der Waals surface area contributed by atoms with E-state index < -0.39 is 0 Å². The predicted molar refractivity (Wildman–Crippen MR) is 137 cm³/mol. The van der Waals surface area contributed by atoms with Crippen LogP contribution in [0.1, 0.15) is 16.7 Å². The summed E-state index contributed by atoms with van der Waals surface area (Å²) < 4.78 is 16.7. The maximum absolute atomic E-state index is 10.6. The second-order valence-electron chi connectivity index (χ2n) is 7.66. The van der Waals surface area contributed by atoms with Crippen molar-refractivity contribution in [2.75, 3.05) is 14.2 Å². The molecule has 3 aromatic carbocycles. The fraction of sp³-hybridized carbons (Fsp3) is 0.103. The number of phenols is 1. The van der Waals surface area contributed by atoms with Gasteiger partial charge in [0, 0.05) is 22.9 Å². The van der Waals surface area contributed by atoms with Crippen LogP contribution in [0.15, 0.2) is 88.8 Å². The van der Waals surface area contributed by atoms with Gasteiger partial charge >= 0.3 is 0 Å². The van der Waals surface area contributed by atoms with Crippen molar-refractivity contribution in [1.82, 2.24) is 0 Å². The van der Waals surface area contributed by atoms with E-state index in [9.17, 15) is 10.4 Å². The van der Waals surface area contributed by atoms with Crippen molar-refractivity contribution in [3.8, 4) is 45.8 Å². The van der Waals surface area contributed by atoms with Crippen LogP contribution in [0, 0.1) is 11.3 Å². The van der Waals surface area contributed by atoms with Crippen LogP contribution in [0.3, 0.4) is 0 Å². The highest BCUT2D eigenvalue weighted by Gasteiger charge is 2.23. The topological polar surface area (TPSA) is 88.0 Å². The van der Waals surface area contributed by atoms with Gasteiger partial charge in [-0.25, -0.2) is 4.99 Å². The Morgan fingerprint density at radius 3 is 2.17 bits per heavy atom. The molecule has 0 bridgehead atoms. The molecule has 0 radical (unpaired) electrons. The van der Waals surface area contributed by atoms with Crippen molar-refractivity contribution in [2.24, 2.45) is 4.99 Å². The van der Waals surface area contributed by atoms with E-state index in [2.05, 4.69) is 17.6 Å². The summed E-state index contributed by atoms with van der Waals surface area (Å²) in [7, 11) is 3.20. The number of benzene rings is 3. The molecule has 0 aliphatic carbocycles. The molecule has 4 aromatic rings. The molecule has 1 aromatic heterocycles. The van der Waals surface area contributed by atoms with Gasteiger partial charge in [0.25, 0.3) is 0 Å². The number of nitriles is 1. The third kappa shape index (κ3) is 4.80. The molecule has 1 heterocycles. The van der Waals surface area contributed by atoms with Crippen LogP contribution in [0.25, 0.3) is 22.5 Å². The van der Waals surface area contributed by atoms with Crippen LogP contribution in [-0.2, 0) is 6.42 Å². The van der Waals surface area contributed by atoms with Gasteiger partial charge in [0.2, 0.25) is 5.88 Å². The van der Waals surface area contributed by atoms with Gasteiger partial charge in [-0.2, -0.15) is 5.26 Å². The van der Waals surface area contributed by atoms with Gasteiger partial charge in [-0.1, -0.05) is 30.3 Å². The Hall–Kier alpha value is -4.76. The van der Waals surface area contributed by atoms with Gasteiger partial charge in [0.15, 0.2) is 0 Å². The van der Waals surface area contributed by atoms with E-state index in [1.165, 1.54) is 6.21 Å². The summed E-state index contributed by atoms with van der Waals surface area (Å²) in [6.07, 6.45) is 3.75. The molecule has 6 heteroatoms. The molecule has 0 atom stereocenters. The number of nitrogens with zero attached hydrogens (tertiary/aromatic N) is 2. The summed E-state index contributed by atoms with van der Waals surface area (Å²) in [5.74, 6) is 2.19. The maximum atomic E-state index is 10.6. The lowest BCUT2D eigenvalue weighted by molar-refractivity contribution is 0.414. The van der Waals surface area contributed by atoms with Crippen LogP contribution in [0.2, 0.25) is 0 Å². The lowest BCUT2D eigenvalue weighted by Crippen LogP contribution is -1.88. The minimum absolute atomic E-state index is 0.118. The average Bonchev–Trinajstić information content (AvgIpc) is 3.27. The Kier molecular flexibility index (Phi) is 6.99. The van der Waals surface area contributed by atoms with E-state index in [0.717, 1.165) is 16.7 Å². The van der Waals surface area contributed by atoms with Crippen LogP contribution in [-0.4, -0.2) is 25.5 Å². The van der Waals surface area contributed by atoms with E-state index >= 15 is 0 Å². The van der Waals surface area contributed by atoms with E-state index in [4.69, 9.17) is 13.9 Å². The minimum Gasteiger partial charge on any atom is -0.507 e. The van der Waals surface area contributed by atoms with Crippen LogP contribution < -0.4 is 9.47 Å². The first kappa shape index (κ1) is 23.4. The summed E-state index contributed by atoms with van der Waals surface area (Å²) in [5.41, 5.74) is 3.72. The minimum atomic E-state index is 0.118. The molecule has 0 aliphatic heterocycles. The first-order chi connectivity index (χ1) is 17.1. The summed E-state index contributed by atoms with van der Waals surface area (Å²) in [4.78, 5) is 4.46. The van der Waals surface area contributed by atoms with Crippen molar-refractivity contribution < 1.29 is 19.0 Å². The number of aliphatic imine (C=N–C) groups is 1. The molecule has 0 unspecified atom stereocenters. The second kappa shape index (κ2) is 10.4. The fourth-order valence-electron chi connectivity index (χ4n) is 3.76. The normalized spacial score (nSPS) is 10.8. The van der Waals surface area contributed by atoms with E-state index in [0.29, 0.717) is 40.4 Å². The highest BCUT2D eigenvalue weighted by Crippen LogP contribution is 2.43. The molecule has 0 aliphatic rings. The van der Waals surface area contributed by atoms with Crippen LogP contribution >= 0.6 is 0 Å². The quantitative estimate of drug-likeness (QED) is 0.232. The molecule has 0 spiro atoms. The predicted octanol–water partition coefficient (Wildman–Crippen LogP) is 6.69. The van der Waals surface area contributed by atoms with Crippen molar-refractivity contribution in [1.29, 1.82) is 5.26 Å². The Morgan fingerprint density at radius 2 is 1.60 bits per heavy atom. The zero-order valence-corrected chi connectivity index (χ0v) is 19.5. The summed E-state index contributed by atoms with van der Waals surface area (Å²) in [6.45, 7) is 3.72. The number of methoxy groups -OCH3 is 2. The number of phenolic OH excluding ortho intramolecular Hbond substituents is 1. The molecule has 0 saturated carbocycles. The Balaban J connectivity index is 1.86.